The maximum absolute atomic E-state index is 11.8. The lowest BCUT2D eigenvalue weighted by Crippen LogP contribution is -2.11. The fourth-order valence-electron chi connectivity index (χ4n) is 2.74. The molecule has 0 fully saturated rings. The van der Waals surface area contributed by atoms with E-state index in [2.05, 4.69) is 36.3 Å². The highest BCUT2D eigenvalue weighted by atomic mass is 32.1. The van der Waals surface area contributed by atoms with Crippen molar-refractivity contribution in [3.05, 3.63) is 63.4 Å². The van der Waals surface area contributed by atoms with Crippen LogP contribution < -0.4 is 11.3 Å². The number of aromatic amines is 1. The zero-order valence-corrected chi connectivity index (χ0v) is 14.2. The molecule has 0 aliphatic rings. The Bertz CT molecular complexity index is 892. The van der Waals surface area contributed by atoms with Gasteiger partial charge in [0.1, 0.15) is 0 Å². The Morgan fingerprint density at radius 2 is 2.00 bits per heavy atom. The molecular weight excluding hydrogens is 304 g/mol. The summed E-state index contributed by atoms with van der Waals surface area (Å²) in [5.41, 5.74) is 12.0. The van der Waals surface area contributed by atoms with Gasteiger partial charge >= 0.3 is 0 Å². The molecule has 3 rings (SSSR count). The molecule has 0 saturated carbocycles. The summed E-state index contributed by atoms with van der Waals surface area (Å²) in [6.07, 6.45) is 3.56. The molecule has 2 heterocycles. The third-order valence-electron chi connectivity index (χ3n) is 3.95. The number of nitrogen functional groups attached to an aromatic ring is 1. The number of hydrogen-bond acceptors (Lipinski definition) is 3. The highest BCUT2D eigenvalue weighted by Gasteiger charge is 2.09. The second-order valence-electron chi connectivity index (χ2n) is 5.77. The zero-order valence-electron chi connectivity index (χ0n) is 13.3. The number of nitrogens with one attached hydrogen (secondary N) is 1. The number of hydrogen-bond donors (Lipinski definition) is 2. The van der Waals surface area contributed by atoms with E-state index in [4.69, 9.17) is 5.73 Å². The van der Waals surface area contributed by atoms with Gasteiger partial charge in [0.25, 0.3) is 5.56 Å². The Balaban J connectivity index is 1.99. The molecule has 3 aromatic rings. The van der Waals surface area contributed by atoms with Crippen LogP contribution in [0.5, 0.6) is 0 Å². The lowest BCUT2D eigenvalue weighted by molar-refractivity contribution is 0.901. The van der Waals surface area contributed by atoms with Crippen molar-refractivity contribution >= 4 is 17.0 Å². The molecular formula is C19H20N2OS. The van der Waals surface area contributed by atoms with Crippen molar-refractivity contribution < 1.29 is 0 Å². The minimum atomic E-state index is 0.0143. The van der Waals surface area contributed by atoms with Gasteiger partial charge in [0.2, 0.25) is 0 Å². The third kappa shape index (κ3) is 3.22. The lowest BCUT2D eigenvalue weighted by Gasteiger charge is -2.04. The van der Waals surface area contributed by atoms with Crippen LogP contribution in [0.2, 0.25) is 0 Å². The lowest BCUT2D eigenvalue weighted by atomic mass is 10.0. The molecule has 0 aliphatic heterocycles. The minimum absolute atomic E-state index is 0.0143. The van der Waals surface area contributed by atoms with Crippen LogP contribution >= 0.6 is 11.3 Å². The topological polar surface area (TPSA) is 58.9 Å². The molecule has 3 nitrogen and oxygen atoms in total. The number of aromatic nitrogens is 1. The van der Waals surface area contributed by atoms with Crippen molar-refractivity contribution in [2.75, 3.05) is 5.73 Å². The van der Waals surface area contributed by atoms with Crippen LogP contribution in [0.3, 0.4) is 0 Å². The van der Waals surface area contributed by atoms with E-state index in [1.54, 1.807) is 17.5 Å². The number of H-pyrrole nitrogens is 1. The molecule has 0 unspecified atom stereocenters. The largest absolute Gasteiger partial charge is 0.399 e. The molecule has 0 aliphatic carbocycles. The quantitative estimate of drug-likeness (QED) is 0.688. The fourth-order valence-corrected chi connectivity index (χ4v) is 3.75. The highest BCUT2D eigenvalue weighted by Crippen LogP contribution is 2.34. The molecule has 0 spiro atoms. The summed E-state index contributed by atoms with van der Waals surface area (Å²) < 4.78 is 0. The molecule has 3 N–H and O–H groups in total. The Kier molecular flexibility index (Phi) is 4.35. The van der Waals surface area contributed by atoms with Crippen molar-refractivity contribution in [2.45, 2.75) is 26.7 Å². The Labute approximate surface area is 139 Å². The van der Waals surface area contributed by atoms with Gasteiger partial charge in [0.15, 0.2) is 0 Å². The number of benzene rings is 1. The number of rotatable bonds is 4. The van der Waals surface area contributed by atoms with E-state index in [9.17, 15) is 4.79 Å². The number of aryl methyl sites for hydroxylation is 2. The van der Waals surface area contributed by atoms with Crippen LogP contribution in [0.25, 0.3) is 21.6 Å². The predicted molar refractivity (Wildman–Crippen MR) is 99.0 cm³/mol. The van der Waals surface area contributed by atoms with Gasteiger partial charge in [-0.15, -0.1) is 11.3 Å². The highest BCUT2D eigenvalue weighted by molar-refractivity contribution is 7.14. The summed E-state index contributed by atoms with van der Waals surface area (Å²) in [6, 6.07) is 10.2. The van der Waals surface area contributed by atoms with E-state index in [0.717, 1.165) is 35.2 Å². The van der Waals surface area contributed by atoms with Crippen LogP contribution in [0.4, 0.5) is 5.69 Å². The normalized spacial score (nSPS) is 10.9. The monoisotopic (exact) mass is 324 g/mol. The maximum Gasteiger partial charge on any atom is 0.251 e. The molecule has 2 aromatic heterocycles. The Morgan fingerprint density at radius 1 is 1.17 bits per heavy atom. The maximum atomic E-state index is 11.8. The predicted octanol–water partition coefficient (Wildman–Crippen LogP) is 4.61. The minimum Gasteiger partial charge on any atom is -0.399 e. The first-order chi connectivity index (χ1) is 11.1. The number of pyridine rings is 1. The summed E-state index contributed by atoms with van der Waals surface area (Å²) in [5, 5.41) is 2.13. The van der Waals surface area contributed by atoms with Gasteiger partial charge in [-0.1, -0.05) is 19.4 Å². The molecule has 0 radical (unpaired) electrons. The van der Waals surface area contributed by atoms with E-state index in [-0.39, 0.29) is 5.56 Å². The van der Waals surface area contributed by atoms with Gasteiger partial charge < -0.3 is 10.7 Å². The van der Waals surface area contributed by atoms with E-state index in [1.807, 2.05) is 18.2 Å². The van der Waals surface area contributed by atoms with Gasteiger partial charge in [0, 0.05) is 22.3 Å². The van der Waals surface area contributed by atoms with Crippen molar-refractivity contribution in [3.63, 3.8) is 0 Å². The van der Waals surface area contributed by atoms with Crippen molar-refractivity contribution in [1.29, 1.82) is 0 Å². The van der Waals surface area contributed by atoms with Crippen molar-refractivity contribution in [1.82, 2.24) is 4.98 Å². The van der Waals surface area contributed by atoms with Crippen molar-refractivity contribution in [2.24, 2.45) is 0 Å². The van der Waals surface area contributed by atoms with Crippen molar-refractivity contribution in [3.8, 4) is 21.6 Å². The second-order valence-corrected chi connectivity index (χ2v) is 6.68. The fraction of sp³-hybridized carbons (Fsp3) is 0.211. The molecule has 0 saturated heterocycles. The third-order valence-corrected chi connectivity index (χ3v) is 4.91. The first kappa shape index (κ1) is 15.6. The smallest absolute Gasteiger partial charge is 0.251 e. The molecule has 1 aromatic carbocycles. The van der Waals surface area contributed by atoms with Crippen LogP contribution in [0.1, 0.15) is 24.5 Å². The SMILES string of the molecule is CCCc1cc(-c2csc(-c3ccc(N)cc3C)c2)c[nH]c1=O. The summed E-state index contributed by atoms with van der Waals surface area (Å²) in [5.74, 6) is 0. The van der Waals surface area contributed by atoms with Gasteiger partial charge in [0.05, 0.1) is 0 Å². The first-order valence-electron chi connectivity index (χ1n) is 7.75. The van der Waals surface area contributed by atoms with Gasteiger partial charge in [-0.25, -0.2) is 0 Å². The zero-order chi connectivity index (χ0) is 16.4. The second kappa shape index (κ2) is 6.42. The average Bonchev–Trinajstić information content (AvgIpc) is 2.99. The number of thiophene rings is 1. The van der Waals surface area contributed by atoms with Gasteiger partial charge in [-0.3, -0.25) is 4.79 Å². The van der Waals surface area contributed by atoms with Crippen LogP contribution in [0, 0.1) is 6.92 Å². The number of anilines is 1. The van der Waals surface area contributed by atoms with E-state index >= 15 is 0 Å². The van der Waals surface area contributed by atoms with Crippen LogP contribution in [-0.4, -0.2) is 4.98 Å². The van der Waals surface area contributed by atoms with E-state index in [0.29, 0.717) is 0 Å². The van der Waals surface area contributed by atoms with Gasteiger partial charge in [-0.05, 0) is 65.2 Å². The molecule has 0 atom stereocenters. The van der Waals surface area contributed by atoms with E-state index in [1.165, 1.54) is 16.0 Å². The summed E-state index contributed by atoms with van der Waals surface area (Å²) >= 11 is 1.71. The van der Waals surface area contributed by atoms with Gasteiger partial charge in [-0.2, -0.15) is 0 Å². The molecule has 118 valence electrons. The summed E-state index contributed by atoms with van der Waals surface area (Å²) in [6.45, 7) is 4.16. The summed E-state index contributed by atoms with van der Waals surface area (Å²) in [7, 11) is 0. The van der Waals surface area contributed by atoms with E-state index < -0.39 is 0 Å². The van der Waals surface area contributed by atoms with Crippen LogP contribution in [0.15, 0.2) is 46.7 Å². The Hall–Kier alpha value is -2.33. The molecule has 0 bridgehead atoms. The standard InChI is InChI=1S/C19H20N2OS/c1-3-4-13-8-14(10-21-19(13)22)15-9-18(23-11-15)17-6-5-16(20)7-12(17)2/h5-11H,3-4,20H2,1-2H3,(H,21,22). The first-order valence-corrected chi connectivity index (χ1v) is 8.63. The average molecular weight is 324 g/mol. The Morgan fingerprint density at radius 3 is 2.74 bits per heavy atom. The summed E-state index contributed by atoms with van der Waals surface area (Å²) in [4.78, 5) is 15.9. The van der Waals surface area contributed by atoms with Crippen LogP contribution in [-0.2, 0) is 6.42 Å². The molecule has 23 heavy (non-hydrogen) atoms. The number of nitrogens with two attached hydrogens (primary N) is 1. The molecule has 4 heteroatoms. The molecule has 0 amide bonds.